The standard InChI is InChI=1S/C86H52B2N4S4/c1-7-23-57(24-8-1)89(58-25-9-2-10-26-58)63-41-39-53-47-79-65(45-55(53)43-63)67-49-75-81-85(83(67)95-79)93-77-37-21-19-35-69(77)87(81)71-51-72-74(52-73(71)91(75)61-31-15-5-16-32-61)92(62-33-17-6-18-34-62)76-50-68-66-46-56-44-64(90(59-27-11-3-12-28-59)60-29-13-4-14-30-60)42-40-54(56)48-80(66)96-84(68)86-82(76)88(72)70-36-20-22-38-78(70)94-86/h1-52H. The number of hydrogen-bond acceptors (Lipinski definition) is 8. The zero-order valence-corrected chi connectivity index (χ0v) is 54.9. The average molecular weight is 1290 g/mol. The summed E-state index contributed by atoms with van der Waals surface area (Å²) in [4.78, 5) is 15.3. The Morgan fingerprint density at radius 2 is 0.625 bits per heavy atom. The van der Waals surface area contributed by atoms with Crippen molar-refractivity contribution in [3.05, 3.63) is 315 Å². The smallest absolute Gasteiger partial charge is 0.249 e. The molecule has 4 aliphatic heterocycles. The van der Waals surface area contributed by atoms with Crippen LogP contribution < -0.4 is 52.4 Å². The van der Waals surface area contributed by atoms with Crippen molar-refractivity contribution < 1.29 is 0 Å². The number of benzene rings is 15. The van der Waals surface area contributed by atoms with Gasteiger partial charge in [0.05, 0.1) is 0 Å². The third-order valence-electron chi connectivity index (χ3n) is 20.2. The first-order valence-corrected chi connectivity index (χ1v) is 36.0. The van der Waals surface area contributed by atoms with E-state index < -0.39 is 0 Å². The molecule has 4 aliphatic rings. The van der Waals surface area contributed by atoms with Crippen LogP contribution in [0.1, 0.15) is 0 Å². The van der Waals surface area contributed by atoms with Crippen LogP contribution in [0.5, 0.6) is 0 Å². The van der Waals surface area contributed by atoms with Gasteiger partial charge in [-0.05, 0) is 195 Å². The van der Waals surface area contributed by atoms with Gasteiger partial charge < -0.3 is 19.6 Å². The van der Waals surface area contributed by atoms with E-state index in [4.69, 9.17) is 0 Å². The highest BCUT2D eigenvalue weighted by atomic mass is 32.2. The minimum Gasteiger partial charge on any atom is -0.311 e. The minimum absolute atomic E-state index is 0.0302. The van der Waals surface area contributed by atoms with Crippen molar-refractivity contribution in [2.45, 2.75) is 19.6 Å². The maximum atomic E-state index is 2.67. The van der Waals surface area contributed by atoms with Gasteiger partial charge in [-0.1, -0.05) is 198 Å². The highest BCUT2D eigenvalue weighted by Crippen LogP contribution is 2.54. The molecule has 15 aromatic carbocycles. The quantitative estimate of drug-likeness (QED) is 0.140. The molecule has 17 aromatic rings. The van der Waals surface area contributed by atoms with Crippen molar-refractivity contribution in [2.75, 3.05) is 19.6 Å². The molecule has 2 aromatic heterocycles. The van der Waals surface area contributed by atoms with E-state index in [2.05, 4.69) is 335 Å². The van der Waals surface area contributed by atoms with Crippen molar-refractivity contribution in [3.63, 3.8) is 0 Å². The fraction of sp³-hybridized carbons (Fsp3) is 0. The Labute approximate surface area is 572 Å². The summed E-state index contributed by atoms with van der Waals surface area (Å²) < 4.78 is 5.29. The fourth-order valence-corrected chi connectivity index (χ4v) is 21.3. The second kappa shape index (κ2) is 21.4. The van der Waals surface area contributed by atoms with E-state index >= 15 is 0 Å². The molecule has 96 heavy (non-hydrogen) atoms. The van der Waals surface area contributed by atoms with Gasteiger partial charge in [0.15, 0.2) is 0 Å². The Bertz CT molecular complexity index is 5620. The van der Waals surface area contributed by atoms with E-state index in [9.17, 15) is 0 Å². The molecule has 0 saturated heterocycles. The molecule has 6 heterocycles. The van der Waals surface area contributed by atoms with Gasteiger partial charge in [0, 0.05) is 128 Å². The molecular formula is C86H52B2N4S4. The third kappa shape index (κ3) is 8.26. The SMILES string of the molecule is c1ccc(N(c2ccccc2)c2ccc3cc4sc5c6c7c(cc5c4cc3c2)N(c2ccccc2)c2cc3c(cc2B7c2ccccc2S6)B2c4ccccc4Sc4c2c(cc2c4sc4cc5ccc(N(c6ccccc6)c6ccccc6)cc5cc42)N3c2ccccc2)cc1. The summed E-state index contributed by atoms with van der Waals surface area (Å²) in [6.07, 6.45) is 0. The molecule has 21 rings (SSSR count). The molecule has 10 heteroatoms. The Morgan fingerprint density at radius 1 is 0.260 bits per heavy atom. The zero-order chi connectivity index (χ0) is 62.7. The molecule has 4 nitrogen and oxygen atoms in total. The topological polar surface area (TPSA) is 13.0 Å². The minimum atomic E-state index is -0.0302. The summed E-state index contributed by atoms with van der Waals surface area (Å²) in [5, 5.41) is 10.0. The summed E-state index contributed by atoms with van der Waals surface area (Å²) in [6, 6.07) is 118. The van der Waals surface area contributed by atoms with Crippen LogP contribution in [0.25, 0.3) is 61.9 Å². The number of nitrogens with zero attached hydrogens (tertiary/aromatic N) is 4. The second-order valence-corrected chi connectivity index (χ2v) is 29.7. The van der Waals surface area contributed by atoms with Crippen molar-refractivity contribution in [1.29, 1.82) is 0 Å². The van der Waals surface area contributed by atoms with E-state index in [1.807, 2.05) is 46.2 Å². The van der Waals surface area contributed by atoms with Crippen LogP contribution in [0, 0.1) is 0 Å². The lowest BCUT2D eigenvalue weighted by Gasteiger charge is -2.44. The lowest BCUT2D eigenvalue weighted by Crippen LogP contribution is -2.64. The van der Waals surface area contributed by atoms with E-state index in [1.54, 1.807) is 0 Å². The zero-order valence-electron chi connectivity index (χ0n) is 51.6. The van der Waals surface area contributed by atoms with E-state index in [1.165, 1.54) is 137 Å². The van der Waals surface area contributed by atoms with Gasteiger partial charge in [-0.3, -0.25) is 0 Å². The number of fused-ring (bicyclic) bond motifs is 18. The summed E-state index contributed by atoms with van der Waals surface area (Å²) in [6.45, 7) is -0.0605. The van der Waals surface area contributed by atoms with Gasteiger partial charge in [0.2, 0.25) is 13.4 Å². The molecule has 0 spiro atoms. The highest BCUT2D eigenvalue weighted by Gasteiger charge is 2.47. The van der Waals surface area contributed by atoms with Crippen LogP contribution in [-0.2, 0) is 0 Å². The van der Waals surface area contributed by atoms with Gasteiger partial charge in [-0.15, -0.1) is 22.7 Å². The van der Waals surface area contributed by atoms with E-state index in [-0.39, 0.29) is 13.4 Å². The van der Waals surface area contributed by atoms with Crippen LogP contribution >= 0.6 is 46.2 Å². The number of anilines is 12. The van der Waals surface area contributed by atoms with Gasteiger partial charge >= 0.3 is 0 Å². The molecule has 0 N–H and O–H groups in total. The molecule has 0 radical (unpaired) electrons. The third-order valence-corrected chi connectivity index (χ3v) is 25.2. The first kappa shape index (κ1) is 54.7. The Kier molecular flexibility index (Phi) is 12.2. The number of hydrogen-bond donors (Lipinski definition) is 0. The van der Waals surface area contributed by atoms with Crippen LogP contribution in [0.2, 0.25) is 0 Å². The average Bonchev–Trinajstić information content (AvgIpc) is 1.06. The molecule has 0 saturated carbocycles. The molecule has 0 atom stereocenters. The van der Waals surface area contributed by atoms with E-state index in [0.29, 0.717) is 0 Å². The Balaban J connectivity index is 0.798. The number of para-hydroxylation sites is 6. The predicted octanol–water partition coefficient (Wildman–Crippen LogP) is 21.2. The number of rotatable bonds is 8. The Hall–Kier alpha value is -10.7. The summed E-state index contributed by atoms with van der Waals surface area (Å²) >= 11 is 7.84. The summed E-state index contributed by atoms with van der Waals surface area (Å²) in [7, 11) is 0. The molecule has 0 amide bonds. The fourth-order valence-electron chi connectivity index (χ4n) is 16.1. The highest BCUT2D eigenvalue weighted by molar-refractivity contribution is 8.00. The van der Waals surface area contributed by atoms with Crippen LogP contribution in [0.15, 0.2) is 335 Å². The first-order valence-electron chi connectivity index (χ1n) is 32.8. The van der Waals surface area contributed by atoms with Crippen molar-refractivity contribution in [2.24, 2.45) is 0 Å². The lowest BCUT2D eigenvalue weighted by atomic mass is 9.31. The predicted molar refractivity (Wildman–Crippen MR) is 416 cm³/mol. The first-order chi connectivity index (χ1) is 47.6. The molecule has 0 aliphatic carbocycles. The van der Waals surface area contributed by atoms with Crippen LogP contribution in [0.3, 0.4) is 0 Å². The molecule has 0 bridgehead atoms. The van der Waals surface area contributed by atoms with Crippen LogP contribution in [0.4, 0.5) is 68.2 Å². The Morgan fingerprint density at radius 3 is 1.02 bits per heavy atom. The maximum Gasteiger partial charge on any atom is 0.249 e. The van der Waals surface area contributed by atoms with E-state index in [0.717, 1.165) is 45.5 Å². The van der Waals surface area contributed by atoms with Crippen molar-refractivity contribution >= 4 is 223 Å². The molecular weight excluding hydrogens is 1240 g/mol. The normalized spacial score (nSPS) is 13.2. The lowest BCUT2D eigenvalue weighted by molar-refractivity contribution is 1.25. The molecule has 0 unspecified atom stereocenters. The van der Waals surface area contributed by atoms with Gasteiger partial charge in [-0.2, -0.15) is 0 Å². The van der Waals surface area contributed by atoms with Crippen LogP contribution in [-0.4, -0.2) is 13.4 Å². The molecule has 0 fully saturated rings. The number of thiophene rings is 2. The second-order valence-electron chi connectivity index (χ2n) is 25.5. The maximum absolute atomic E-state index is 2.67. The summed E-state index contributed by atoms with van der Waals surface area (Å²) in [5.74, 6) is 0. The van der Waals surface area contributed by atoms with Gasteiger partial charge in [0.1, 0.15) is 0 Å². The van der Waals surface area contributed by atoms with Crippen molar-refractivity contribution in [3.8, 4) is 0 Å². The largest absolute Gasteiger partial charge is 0.311 e. The van der Waals surface area contributed by atoms with Gasteiger partial charge in [-0.25, -0.2) is 0 Å². The van der Waals surface area contributed by atoms with Gasteiger partial charge in [0.25, 0.3) is 0 Å². The monoisotopic (exact) mass is 1290 g/mol. The van der Waals surface area contributed by atoms with Crippen molar-refractivity contribution in [1.82, 2.24) is 0 Å². The summed E-state index contributed by atoms with van der Waals surface area (Å²) in [5.41, 5.74) is 22.1. The molecule has 446 valence electrons.